The predicted molar refractivity (Wildman–Crippen MR) is 235 cm³/mol. The second-order valence-electron chi connectivity index (χ2n) is 14.3. The Bertz CT molecular complexity index is 1540. The molecule has 1 unspecified atom stereocenters. The molecule has 0 aliphatic rings. The second kappa shape index (κ2) is 36.6. The summed E-state index contributed by atoms with van der Waals surface area (Å²) in [6.45, 7) is 4.62. The van der Waals surface area contributed by atoms with Gasteiger partial charge in [0.05, 0.1) is 62.9 Å². The van der Waals surface area contributed by atoms with Gasteiger partial charge in [0.15, 0.2) is 0 Å². The molecule has 354 valence electrons. The topological polar surface area (TPSA) is 263 Å². The Morgan fingerprint density at radius 3 is 1.77 bits per heavy atom. The predicted octanol–water partition coefficient (Wildman–Crippen LogP) is 2.60. The Hall–Kier alpha value is -3.89. The van der Waals surface area contributed by atoms with Crippen LogP contribution in [0.4, 0.5) is 0 Å². The zero-order valence-corrected chi connectivity index (χ0v) is 38.4. The van der Waals surface area contributed by atoms with Gasteiger partial charge in [0.25, 0.3) is 0 Å². The number of halogens is 1. The first-order valence-corrected chi connectivity index (χ1v) is 24.0. The number of carboxylic acids is 1. The third kappa shape index (κ3) is 33.7. The van der Waals surface area contributed by atoms with Gasteiger partial charge in [-0.25, -0.2) is 13.2 Å². The summed E-state index contributed by atoms with van der Waals surface area (Å²) in [4.78, 5) is 70.1. The van der Waals surface area contributed by atoms with E-state index < -0.39 is 21.9 Å². The van der Waals surface area contributed by atoms with Crippen molar-refractivity contribution in [1.29, 1.82) is 0 Å². The normalized spacial score (nSPS) is 11.6. The lowest BCUT2D eigenvalue weighted by molar-refractivity contribution is -0.128. The molecular formula is C41H68BrN5O14S. The summed E-state index contributed by atoms with van der Waals surface area (Å²) in [5, 5.41) is 20.2. The Kier molecular flexibility index (Phi) is 33.1. The van der Waals surface area contributed by atoms with Crippen LogP contribution in [0.15, 0.2) is 24.3 Å². The number of amides is 5. The van der Waals surface area contributed by atoms with Crippen LogP contribution in [0, 0.1) is 0 Å². The highest BCUT2D eigenvalue weighted by Crippen LogP contribution is 2.14. The number of carboxylic acid groups (broad SMARTS) is 1. The van der Waals surface area contributed by atoms with Gasteiger partial charge in [0.1, 0.15) is 19.0 Å². The van der Waals surface area contributed by atoms with Gasteiger partial charge in [0, 0.05) is 38.5 Å². The van der Waals surface area contributed by atoms with Crippen LogP contribution in [0.25, 0.3) is 0 Å². The van der Waals surface area contributed by atoms with E-state index >= 15 is 0 Å². The smallest absolute Gasteiger partial charge is 0.335 e. The summed E-state index contributed by atoms with van der Waals surface area (Å²) in [5.74, 6) is -2.18. The van der Waals surface area contributed by atoms with Crippen molar-refractivity contribution in [3.05, 3.63) is 29.8 Å². The molecule has 0 spiro atoms. The van der Waals surface area contributed by atoms with Crippen LogP contribution in [0.1, 0.15) is 101 Å². The number of nitrogens with one attached hydrogen (secondary N) is 5. The molecule has 1 aromatic rings. The molecule has 1 atom stereocenters. The maximum absolute atomic E-state index is 12.3. The van der Waals surface area contributed by atoms with Crippen LogP contribution in [0.5, 0.6) is 5.75 Å². The standard InChI is InChI=1S/C41H68BrN5O14S/c1-33(12-8-9-19-43-38(50)30-42)46-40(52)32-60-28-26-58-24-21-45-39(51)31-59-27-25-57-23-20-44-36(48)14-11-29-62(55,56)47-37(49)13-7-5-3-2-4-6-10-22-61-35-17-15-34(16-18-35)41(53)54/h15-18,33H,2-14,19-32H2,1H3,(H,43,50)(H,44,48)(H,45,51)(H,46,52)(H,47,49)(H,53,54). The highest BCUT2D eigenvalue weighted by atomic mass is 79.9. The molecule has 6 N–H and O–H groups in total. The number of unbranched alkanes of at least 4 members (excludes halogenated alkanes) is 7. The molecule has 19 nitrogen and oxygen atoms in total. The van der Waals surface area contributed by atoms with Crippen LogP contribution in [-0.4, -0.2) is 145 Å². The number of aromatic carboxylic acids is 1. The highest BCUT2D eigenvalue weighted by molar-refractivity contribution is 9.09. The number of ether oxygens (including phenoxy) is 5. The van der Waals surface area contributed by atoms with Gasteiger partial charge >= 0.3 is 5.97 Å². The maximum atomic E-state index is 12.3. The van der Waals surface area contributed by atoms with Gasteiger partial charge in [0.2, 0.25) is 39.6 Å². The van der Waals surface area contributed by atoms with E-state index in [2.05, 4.69) is 41.9 Å². The van der Waals surface area contributed by atoms with Gasteiger partial charge in [-0.15, -0.1) is 0 Å². The zero-order chi connectivity index (χ0) is 45.7. The Morgan fingerprint density at radius 2 is 1.15 bits per heavy atom. The van der Waals surface area contributed by atoms with Crippen molar-refractivity contribution < 1.29 is 66.0 Å². The molecule has 0 radical (unpaired) electrons. The minimum absolute atomic E-state index is 0.00424. The van der Waals surface area contributed by atoms with Crippen molar-refractivity contribution >= 4 is 61.5 Å². The number of alkyl halides is 1. The Labute approximate surface area is 374 Å². The lowest BCUT2D eigenvalue weighted by atomic mass is 10.1. The van der Waals surface area contributed by atoms with E-state index in [0.29, 0.717) is 25.3 Å². The van der Waals surface area contributed by atoms with Crippen LogP contribution in [0.3, 0.4) is 0 Å². The number of rotatable bonds is 40. The third-order valence-corrected chi connectivity index (χ3v) is 10.6. The fourth-order valence-corrected chi connectivity index (χ4v) is 6.80. The summed E-state index contributed by atoms with van der Waals surface area (Å²) < 4.78 is 53.6. The van der Waals surface area contributed by atoms with Gasteiger partial charge in [-0.05, 0) is 69.7 Å². The molecule has 21 heteroatoms. The fourth-order valence-electron chi connectivity index (χ4n) is 5.53. The van der Waals surface area contributed by atoms with E-state index in [4.69, 9.17) is 28.8 Å². The molecule has 0 saturated heterocycles. The summed E-state index contributed by atoms with van der Waals surface area (Å²) >= 11 is 3.09. The Morgan fingerprint density at radius 1 is 0.597 bits per heavy atom. The highest BCUT2D eigenvalue weighted by Gasteiger charge is 2.15. The first-order chi connectivity index (χ1) is 29.8. The van der Waals surface area contributed by atoms with E-state index in [1.165, 1.54) is 12.1 Å². The minimum atomic E-state index is -3.84. The number of carbonyl (C=O) groups is 6. The van der Waals surface area contributed by atoms with Crippen LogP contribution in [-0.2, 0) is 52.9 Å². The first-order valence-electron chi connectivity index (χ1n) is 21.3. The van der Waals surface area contributed by atoms with Crippen molar-refractivity contribution in [2.45, 2.75) is 96.4 Å². The van der Waals surface area contributed by atoms with Gasteiger partial charge in [-0.1, -0.05) is 48.0 Å². The molecule has 0 aliphatic heterocycles. The van der Waals surface area contributed by atoms with Gasteiger partial charge in [-0.3, -0.25) is 28.7 Å². The molecule has 0 fully saturated rings. The third-order valence-electron chi connectivity index (χ3n) is 8.77. The number of carbonyl (C=O) groups excluding carboxylic acids is 5. The quantitative estimate of drug-likeness (QED) is 0.0408. The summed E-state index contributed by atoms with van der Waals surface area (Å²) in [6.07, 6.45) is 8.80. The van der Waals surface area contributed by atoms with E-state index in [1.54, 1.807) is 12.1 Å². The average molecular weight is 967 g/mol. The van der Waals surface area contributed by atoms with Gasteiger partial charge in [-0.2, -0.15) is 0 Å². The molecule has 0 bridgehead atoms. The largest absolute Gasteiger partial charge is 0.494 e. The summed E-state index contributed by atoms with van der Waals surface area (Å²) in [7, 11) is -3.84. The molecule has 0 saturated carbocycles. The molecule has 0 heterocycles. The molecule has 1 aromatic carbocycles. The summed E-state index contributed by atoms with van der Waals surface area (Å²) in [6, 6.07) is 6.28. The number of hydrogen-bond acceptors (Lipinski definition) is 13. The molecule has 1 rings (SSSR count). The number of benzene rings is 1. The molecule has 0 aliphatic carbocycles. The van der Waals surface area contributed by atoms with E-state index in [1.807, 2.05) is 6.92 Å². The van der Waals surface area contributed by atoms with Crippen molar-refractivity contribution in [2.75, 3.05) is 90.2 Å². The van der Waals surface area contributed by atoms with E-state index in [-0.39, 0.29) is 132 Å². The monoisotopic (exact) mass is 965 g/mol. The van der Waals surface area contributed by atoms with Crippen LogP contribution < -0.4 is 30.7 Å². The Balaban J connectivity index is 1.89. The maximum Gasteiger partial charge on any atom is 0.335 e. The molecular weight excluding hydrogens is 898 g/mol. The van der Waals surface area contributed by atoms with Crippen molar-refractivity contribution in [3.63, 3.8) is 0 Å². The molecule has 0 aromatic heterocycles. The van der Waals surface area contributed by atoms with E-state index in [0.717, 1.165) is 57.8 Å². The number of hydrogen-bond donors (Lipinski definition) is 6. The van der Waals surface area contributed by atoms with Crippen molar-refractivity contribution in [3.8, 4) is 5.75 Å². The van der Waals surface area contributed by atoms with Crippen molar-refractivity contribution in [1.82, 2.24) is 26.0 Å². The molecule has 62 heavy (non-hydrogen) atoms. The number of sulfonamides is 1. The molecule has 5 amide bonds. The first kappa shape index (κ1) is 56.1. The lowest BCUT2D eigenvalue weighted by Crippen LogP contribution is -2.35. The van der Waals surface area contributed by atoms with Gasteiger partial charge < -0.3 is 50.1 Å². The minimum Gasteiger partial charge on any atom is -0.494 e. The second-order valence-corrected chi connectivity index (χ2v) is 16.7. The average Bonchev–Trinajstić information content (AvgIpc) is 3.22. The SMILES string of the molecule is CC(CCCCNC(=O)CBr)NC(=O)COCCOCCNC(=O)COCCOCCNC(=O)CCCS(=O)(=O)NC(=O)CCCCCCCCCOc1ccc(C(=O)O)cc1. The van der Waals surface area contributed by atoms with Crippen LogP contribution >= 0.6 is 15.9 Å². The van der Waals surface area contributed by atoms with Crippen LogP contribution in [0.2, 0.25) is 0 Å². The zero-order valence-electron chi connectivity index (χ0n) is 36.0. The summed E-state index contributed by atoms with van der Waals surface area (Å²) in [5.41, 5.74) is 0.212. The van der Waals surface area contributed by atoms with Crippen molar-refractivity contribution in [2.24, 2.45) is 0 Å². The van der Waals surface area contributed by atoms with E-state index in [9.17, 15) is 37.2 Å². The fraction of sp³-hybridized carbons (Fsp3) is 0.707. The lowest BCUT2D eigenvalue weighted by Gasteiger charge is -2.14.